The second kappa shape index (κ2) is 8.88. The largest absolute Gasteiger partial charge is 0.346 e. The van der Waals surface area contributed by atoms with E-state index in [1.807, 2.05) is 38.1 Å². The van der Waals surface area contributed by atoms with Gasteiger partial charge >= 0.3 is 0 Å². The zero-order valence-electron chi connectivity index (χ0n) is 17.5. The highest BCUT2D eigenvalue weighted by Crippen LogP contribution is 2.26. The van der Waals surface area contributed by atoms with Crippen molar-refractivity contribution < 1.29 is 17.9 Å². The molecule has 0 saturated carbocycles. The zero-order chi connectivity index (χ0) is 22.0. The summed E-state index contributed by atoms with van der Waals surface area (Å²) in [5.74, 6) is 0.304. The molecule has 4 rings (SSSR count). The standard InChI is InChI=1S/C22H25N3O5S/c1-3-29-22(30-4-2)20-23-19-11-12-25(14-18(19)21(26)24-20)31(27,28)17-10-9-15-7-5-6-8-16(15)13-17/h5-10,13,22H,3-4,11-12,14H2,1-2H3,(H,23,24,26). The average molecular weight is 444 g/mol. The number of H-pyrrole nitrogens is 1. The lowest BCUT2D eigenvalue weighted by atomic mass is 10.1. The predicted octanol–water partition coefficient (Wildman–Crippen LogP) is 2.74. The van der Waals surface area contributed by atoms with Gasteiger partial charge in [-0.25, -0.2) is 13.4 Å². The molecule has 1 aliphatic rings. The van der Waals surface area contributed by atoms with Gasteiger partial charge in [0.25, 0.3) is 5.56 Å². The van der Waals surface area contributed by atoms with Gasteiger partial charge in [-0.15, -0.1) is 0 Å². The number of aromatic amines is 1. The fourth-order valence-corrected chi connectivity index (χ4v) is 5.17. The Morgan fingerprint density at radius 2 is 1.81 bits per heavy atom. The second-order valence-electron chi connectivity index (χ2n) is 7.22. The first-order chi connectivity index (χ1) is 14.9. The third kappa shape index (κ3) is 4.27. The molecule has 0 aliphatic carbocycles. The molecule has 0 bridgehead atoms. The Morgan fingerprint density at radius 1 is 1.10 bits per heavy atom. The molecule has 1 aromatic heterocycles. The minimum atomic E-state index is -3.75. The number of hydrogen-bond acceptors (Lipinski definition) is 6. The Kier molecular flexibility index (Phi) is 6.19. The van der Waals surface area contributed by atoms with Gasteiger partial charge in [-0.1, -0.05) is 30.3 Å². The monoisotopic (exact) mass is 443 g/mol. The van der Waals surface area contributed by atoms with Gasteiger partial charge in [-0.3, -0.25) is 4.79 Å². The van der Waals surface area contributed by atoms with Crippen LogP contribution in [0.4, 0.5) is 0 Å². The number of benzene rings is 2. The molecular formula is C22H25N3O5S. The van der Waals surface area contributed by atoms with Gasteiger partial charge in [0.1, 0.15) is 0 Å². The minimum Gasteiger partial charge on any atom is -0.346 e. The van der Waals surface area contributed by atoms with Crippen LogP contribution in [0.25, 0.3) is 10.8 Å². The van der Waals surface area contributed by atoms with E-state index in [0.29, 0.717) is 36.7 Å². The van der Waals surface area contributed by atoms with E-state index in [4.69, 9.17) is 9.47 Å². The average Bonchev–Trinajstić information content (AvgIpc) is 2.78. The van der Waals surface area contributed by atoms with Crippen LogP contribution in [-0.2, 0) is 32.5 Å². The summed E-state index contributed by atoms with van der Waals surface area (Å²) in [6.07, 6.45) is -0.420. The molecule has 0 saturated heterocycles. The highest BCUT2D eigenvalue weighted by Gasteiger charge is 2.31. The number of rotatable bonds is 7. The number of sulfonamides is 1. The summed E-state index contributed by atoms with van der Waals surface area (Å²) in [6.45, 7) is 4.69. The van der Waals surface area contributed by atoms with E-state index >= 15 is 0 Å². The van der Waals surface area contributed by atoms with E-state index in [9.17, 15) is 13.2 Å². The summed E-state index contributed by atoms with van der Waals surface area (Å²) in [4.78, 5) is 20.2. The van der Waals surface area contributed by atoms with Crippen LogP contribution in [0.3, 0.4) is 0 Å². The maximum Gasteiger partial charge on any atom is 0.255 e. The molecule has 0 fully saturated rings. The van der Waals surface area contributed by atoms with E-state index in [1.165, 1.54) is 4.31 Å². The van der Waals surface area contributed by atoms with Gasteiger partial charge in [-0.2, -0.15) is 4.31 Å². The van der Waals surface area contributed by atoms with E-state index in [2.05, 4.69) is 9.97 Å². The third-order valence-electron chi connectivity index (χ3n) is 5.27. The molecule has 31 heavy (non-hydrogen) atoms. The molecule has 1 aliphatic heterocycles. The van der Waals surface area contributed by atoms with Crippen molar-refractivity contribution in [3.05, 3.63) is 69.9 Å². The zero-order valence-corrected chi connectivity index (χ0v) is 18.3. The number of hydrogen-bond donors (Lipinski definition) is 1. The first kappa shape index (κ1) is 21.6. The molecule has 2 heterocycles. The van der Waals surface area contributed by atoms with Gasteiger partial charge in [0.15, 0.2) is 5.82 Å². The minimum absolute atomic E-state index is 0.0267. The van der Waals surface area contributed by atoms with E-state index in [1.54, 1.807) is 18.2 Å². The Bertz CT molecular complexity index is 1250. The third-order valence-corrected chi connectivity index (χ3v) is 7.11. The number of nitrogens with one attached hydrogen (secondary N) is 1. The van der Waals surface area contributed by atoms with Crippen LogP contribution in [-0.4, -0.2) is 42.4 Å². The van der Waals surface area contributed by atoms with Crippen molar-refractivity contribution in [2.24, 2.45) is 0 Å². The van der Waals surface area contributed by atoms with Crippen LogP contribution < -0.4 is 5.56 Å². The molecule has 0 spiro atoms. The van der Waals surface area contributed by atoms with Crippen molar-refractivity contribution in [3.8, 4) is 0 Å². The molecule has 0 atom stereocenters. The van der Waals surface area contributed by atoms with Crippen LogP contribution in [0.5, 0.6) is 0 Å². The Balaban J connectivity index is 1.64. The van der Waals surface area contributed by atoms with Crippen molar-refractivity contribution >= 4 is 20.8 Å². The van der Waals surface area contributed by atoms with Crippen LogP contribution in [0.2, 0.25) is 0 Å². The molecule has 0 radical (unpaired) electrons. The Hall–Kier alpha value is -2.59. The maximum atomic E-state index is 13.3. The van der Waals surface area contributed by atoms with Gasteiger partial charge in [-0.05, 0) is 36.8 Å². The lowest BCUT2D eigenvalue weighted by Gasteiger charge is -2.27. The molecule has 8 nitrogen and oxygen atoms in total. The molecule has 164 valence electrons. The van der Waals surface area contributed by atoms with Crippen LogP contribution in [0, 0.1) is 0 Å². The van der Waals surface area contributed by atoms with Crippen molar-refractivity contribution in [1.82, 2.24) is 14.3 Å². The first-order valence-corrected chi connectivity index (χ1v) is 11.7. The molecule has 9 heteroatoms. The summed E-state index contributed by atoms with van der Waals surface area (Å²) >= 11 is 0. The first-order valence-electron chi connectivity index (χ1n) is 10.3. The summed E-state index contributed by atoms with van der Waals surface area (Å²) < 4.78 is 38.9. The van der Waals surface area contributed by atoms with E-state index in [-0.39, 0.29) is 23.5 Å². The lowest BCUT2D eigenvalue weighted by Crippen LogP contribution is -2.40. The molecule has 3 aromatic rings. The molecule has 2 aromatic carbocycles. The number of nitrogens with zero attached hydrogens (tertiary/aromatic N) is 2. The number of ether oxygens (including phenoxy) is 2. The summed E-state index contributed by atoms with van der Waals surface area (Å²) in [5.41, 5.74) is 0.557. The quantitative estimate of drug-likeness (QED) is 0.564. The topological polar surface area (TPSA) is 102 Å². The fourth-order valence-electron chi connectivity index (χ4n) is 3.72. The smallest absolute Gasteiger partial charge is 0.255 e. The van der Waals surface area contributed by atoms with Gasteiger partial charge < -0.3 is 14.5 Å². The Labute approximate surface area is 180 Å². The normalized spacial score (nSPS) is 14.8. The predicted molar refractivity (Wildman–Crippen MR) is 116 cm³/mol. The summed E-state index contributed by atoms with van der Waals surface area (Å²) in [6, 6.07) is 12.7. The van der Waals surface area contributed by atoms with Crippen LogP contribution in [0.15, 0.2) is 52.2 Å². The molecule has 0 amide bonds. The molecule has 1 N–H and O–H groups in total. The van der Waals surface area contributed by atoms with Gasteiger partial charge in [0.2, 0.25) is 16.3 Å². The van der Waals surface area contributed by atoms with Crippen molar-refractivity contribution in [2.75, 3.05) is 19.8 Å². The van der Waals surface area contributed by atoms with Crippen LogP contribution >= 0.6 is 0 Å². The SMILES string of the molecule is CCOC(OCC)c1nc2c(c(=O)[nH]1)CN(S(=O)(=O)c1ccc3ccccc3c1)CC2. The summed E-state index contributed by atoms with van der Waals surface area (Å²) in [5, 5.41) is 1.82. The Morgan fingerprint density at radius 3 is 2.52 bits per heavy atom. The fraction of sp³-hybridized carbons (Fsp3) is 0.364. The van der Waals surface area contributed by atoms with E-state index < -0.39 is 16.3 Å². The second-order valence-corrected chi connectivity index (χ2v) is 9.15. The highest BCUT2D eigenvalue weighted by atomic mass is 32.2. The molecular weight excluding hydrogens is 418 g/mol. The van der Waals surface area contributed by atoms with Crippen molar-refractivity contribution in [3.63, 3.8) is 0 Å². The van der Waals surface area contributed by atoms with Crippen molar-refractivity contribution in [2.45, 2.75) is 38.0 Å². The van der Waals surface area contributed by atoms with Crippen molar-refractivity contribution in [1.29, 1.82) is 0 Å². The number of fused-ring (bicyclic) bond motifs is 2. The van der Waals surface area contributed by atoms with Gasteiger partial charge in [0, 0.05) is 32.7 Å². The van der Waals surface area contributed by atoms with Gasteiger partial charge in [0.05, 0.1) is 16.2 Å². The lowest BCUT2D eigenvalue weighted by molar-refractivity contribution is -0.145. The molecule has 0 unspecified atom stereocenters. The van der Waals surface area contributed by atoms with Crippen LogP contribution in [0.1, 0.15) is 37.2 Å². The van der Waals surface area contributed by atoms with E-state index in [0.717, 1.165) is 10.8 Å². The maximum absolute atomic E-state index is 13.3. The highest BCUT2D eigenvalue weighted by molar-refractivity contribution is 7.89. The summed E-state index contributed by atoms with van der Waals surface area (Å²) in [7, 11) is -3.75. The number of aromatic nitrogens is 2.